The maximum atomic E-state index is 14.2. The van der Waals surface area contributed by atoms with E-state index in [0.29, 0.717) is 6.54 Å². The van der Waals surface area contributed by atoms with Gasteiger partial charge in [-0.15, -0.1) is 0 Å². The summed E-state index contributed by atoms with van der Waals surface area (Å²) in [6, 6.07) is 2.01. The van der Waals surface area contributed by atoms with Crippen molar-refractivity contribution in [3.63, 3.8) is 0 Å². The molecule has 230 valence electrons. The van der Waals surface area contributed by atoms with Gasteiger partial charge in [-0.25, -0.2) is 0 Å². The molecule has 2 N–H and O–H groups in total. The molecule has 0 radical (unpaired) electrons. The van der Waals surface area contributed by atoms with Gasteiger partial charge < -0.3 is 15.4 Å². The van der Waals surface area contributed by atoms with E-state index < -0.39 is 45.1 Å². The van der Waals surface area contributed by atoms with Gasteiger partial charge in [-0.2, -0.15) is 5.26 Å². The molecule has 1 aromatic heterocycles. The molecule has 0 spiro atoms. The molecule has 0 saturated carbocycles. The van der Waals surface area contributed by atoms with Crippen molar-refractivity contribution in [1.29, 1.82) is 5.26 Å². The van der Waals surface area contributed by atoms with E-state index in [4.69, 9.17) is 4.74 Å². The van der Waals surface area contributed by atoms with Gasteiger partial charge in [0.05, 0.1) is 12.6 Å². The van der Waals surface area contributed by atoms with Crippen molar-refractivity contribution in [3.8, 4) is 6.19 Å². The normalized spacial score (nSPS) is 24.0. The summed E-state index contributed by atoms with van der Waals surface area (Å²) in [6.45, 7) is 3.42. The summed E-state index contributed by atoms with van der Waals surface area (Å²) in [5.74, 6) is -1.34. The molecule has 2 aliphatic heterocycles. The average molecular weight is 617 g/mol. The Labute approximate surface area is 240 Å². The highest BCUT2D eigenvalue weighted by atomic mass is 32.5. The smallest absolute Gasteiger partial charge is 0.310 e. The summed E-state index contributed by atoms with van der Waals surface area (Å²) in [4.78, 5) is 32.2. The number of carbonyl (C=O) groups is 2. The van der Waals surface area contributed by atoms with Crippen LogP contribution in [0.3, 0.4) is 0 Å². The number of benzene rings is 1. The van der Waals surface area contributed by atoms with E-state index in [-0.39, 0.29) is 48.3 Å². The number of amides is 2. The Morgan fingerprint density at radius 3 is 2.48 bits per heavy atom. The summed E-state index contributed by atoms with van der Waals surface area (Å²) >= 11 is 0. The Kier molecular flexibility index (Phi) is 8.47. The largest absolute Gasteiger partial charge is 0.379 e. The fraction of sp³-hybridized carbons (Fsp3) is 0.481. The predicted molar refractivity (Wildman–Crippen MR) is 147 cm³/mol. The van der Waals surface area contributed by atoms with E-state index in [2.05, 4.69) is 15.6 Å². The fourth-order valence-electron chi connectivity index (χ4n) is 5.42. The number of methoxy groups -OCH3 is 1. The first-order valence-corrected chi connectivity index (χ1v) is 15.4. The number of hydrogen-bond acceptors (Lipinski definition) is 7. The van der Waals surface area contributed by atoms with Crippen LogP contribution in [0.5, 0.6) is 0 Å². The minimum Gasteiger partial charge on any atom is -0.379 e. The van der Waals surface area contributed by atoms with Crippen LogP contribution in [0.25, 0.3) is 0 Å². The first-order chi connectivity index (χ1) is 19.6. The van der Waals surface area contributed by atoms with Gasteiger partial charge in [0.1, 0.15) is 17.0 Å². The van der Waals surface area contributed by atoms with Crippen LogP contribution in [0.1, 0.15) is 37.8 Å². The third-order valence-corrected chi connectivity index (χ3v) is 8.89. The van der Waals surface area contributed by atoms with Crippen molar-refractivity contribution < 1.29 is 33.8 Å². The third kappa shape index (κ3) is 7.11. The highest BCUT2D eigenvalue weighted by Crippen LogP contribution is 3.02. The Morgan fingerprint density at radius 2 is 1.93 bits per heavy atom. The molecular weight excluding hydrogens is 583 g/mol. The molecule has 2 aromatic rings. The molecule has 5 atom stereocenters. The van der Waals surface area contributed by atoms with E-state index in [1.165, 1.54) is 36.5 Å². The van der Waals surface area contributed by atoms with Gasteiger partial charge in [-0.3, -0.25) is 24.4 Å². The molecule has 15 heteroatoms. The zero-order valence-electron chi connectivity index (χ0n) is 23.1. The first kappa shape index (κ1) is 31.5. The minimum atomic E-state index is -10.0. The number of aromatic nitrogens is 1. The van der Waals surface area contributed by atoms with E-state index in [9.17, 15) is 34.3 Å². The monoisotopic (exact) mass is 616 g/mol. The first-order valence-electron chi connectivity index (χ1n) is 13.4. The van der Waals surface area contributed by atoms with Crippen LogP contribution in [0.2, 0.25) is 0 Å². The highest BCUT2D eigenvalue weighted by molar-refractivity contribution is 8.45. The second kappa shape index (κ2) is 11.3. The molecule has 42 heavy (non-hydrogen) atoms. The van der Waals surface area contributed by atoms with E-state index in [1.807, 2.05) is 13.1 Å². The SMILES string of the molecule is CO[C@@H]1C[C@H](C(=O)N(c2ccc(S(F)(F)(F)(F)F)cc2)C(C(=O)NC(C)C2CCCNC2)c2cccnc2)N(C#N)C1. The van der Waals surface area contributed by atoms with Crippen LogP contribution >= 0.6 is 10.2 Å². The van der Waals surface area contributed by atoms with Gasteiger partial charge in [0, 0.05) is 43.2 Å². The summed E-state index contributed by atoms with van der Waals surface area (Å²) in [5.41, 5.74) is -0.000693. The third-order valence-electron chi connectivity index (χ3n) is 7.73. The molecule has 3 heterocycles. The van der Waals surface area contributed by atoms with Gasteiger partial charge >= 0.3 is 10.2 Å². The van der Waals surface area contributed by atoms with Crippen molar-refractivity contribution in [1.82, 2.24) is 20.5 Å². The average Bonchev–Trinajstić information content (AvgIpc) is 3.39. The second-order valence-corrected chi connectivity index (χ2v) is 13.0. The van der Waals surface area contributed by atoms with Crippen LogP contribution < -0.4 is 15.5 Å². The lowest BCUT2D eigenvalue weighted by Gasteiger charge is -2.41. The van der Waals surface area contributed by atoms with E-state index in [1.54, 1.807) is 0 Å². The van der Waals surface area contributed by atoms with Gasteiger partial charge in [-0.05, 0) is 69.1 Å². The zero-order chi connectivity index (χ0) is 30.8. The number of piperidine rings is 1. The van der Waals surface area contributed by atoms with Crippen LogP contribution in [-0.4, -0.2) is 66.6 Å². The summed E-state index contributed by atoms with van der Waals surface area (Å²) < 4.78 is 72.9. The Balaban J connectivity index is 1.80. The molecule has 9 nitrogen and oxygen atoms in total. The van der Waals surface area contributed by atoms with Crippen molar-refractivity contribution in [2.24, 2.45) is 5.92 Å². The highest BCUT2D eigenvalue weighted by Gasteiger charge is 2.65. The van der Waals surface area contributed by atoms with Crippen molar-refractivity contribution in [2.75, 3.05) is 31.6 Å². The fourth-order valence-corrected chi connectivity index (χ4v) is 6.07. The number of ether oxygens (including phenoxy) is 1. The molecule has 3 unspecified atom stereocenters. The van der Waals surface area contributed by atoms with Gasteiger partial charge in [-0.1, -0.05) is 25.5 Å². The maximum Gasteiger partial charge on any atom is 0.310 e. The van der Waals surface area contributed by atoms with Crippen LogP contribution in [0, 0.1) is 17.4 Å². The molecule has 2 amide bonds. The van der Waals surface area contributed by atoms with Gasteiger partial charge in [0.15, 0.2) is 6.19 Å². The minimum absolute atomic E-state index is 0.0640. The summed E-state index contributed by atoms with van der Waals surface area (Å²) in [6.07, 6.45) is 6.04. The molecule has 4 rings (SSSR count). The van der Waals surface area contributed by atoms with Crippen LogP contribution in [0.4, 0.5) is 25.1 Å². The number of nitriles is 1. The number of carbonyl (C=O) groups excluding carboxylic acids is 2. The molecule has 2 aliphatic rings. The summed E-state index contributed by atoms with van der Waals surface area (Å²) in [7, 11) is -8.60. The molecule has 0 bridgehead atoms. The standard InChI is InChI=1S/C27H33F5N6O3S/c1-18(19-5-3-11-34-14-19)36-26(39)25(20-6-4-12-35-15-20)38(27(40)24-13-22(41-2)16-37(24)17-33)21-7-9-23(10-8-21)42(28,29,30,31)32/h4,6-10,12,15,18-19,22,24-25,34H,3,5,11,13-14,16H2,1-2H3,(H,36,39)/t18?,19?,22-,24-,25?/m1/s1. The lowest BCUT2D eigenvalue weighted by molar-refractivity contribution is -0.128. The molecule has 2 fully saturated rings. The number of halogens is 5. The van der Waals surface area contributed by atoms with E-state index >= 15 is 0 Å². The number of hydrogen-bond donors (Lipinski definition) is 2. The lowest BCUT2D eigenvalue weighted by atomic mass is 9.92. The zero-order valence-corrected chi connectivity index (χ0v) is 23.9. The Bertz CT molecular complexity index is 1320. The molecule has 0 aliphatic carbocycles. The van der Waals surface area contributed by atoms with Crippen molar-refractivity contribution in [2.45, 2.75) is 55.3 Å². The van der Waals surface area contributed by atoms with Crippen LogP contribution in [0.15, 0.2) is 53.7 Å². The number of nitrogens with one attached hydrogen (secondary N) is 2. The predicted octanol–water partition coefficient (Wildman–Crippen LogP) is 4.89. The van der Waals surface area contributed by atoms with E-state index in [0.717, 1.165) is 36.4 Å². The Morgan fingerprint density at radius 1 is 1.21 bits per heavy atom. The lowest BCUT2D eigenvalue weighted by Crippen LogP contribution is -2.53. The Hall–Kier alpha value is -3.48. The van der Waals surface area contributed by atoms with Gasteiger partial charge in [0.25, 0.3) is 5.91 Å². The molecular formula is C27H33F5N6O3S. The van der Waals surface area contributed by atoms with Crippen molar-refractivity contribution in [3.05, 3.63) is 54.4 Å². The van der Waals surface area contributed by atoms with Crippen molar-refractivity contribution >= 4 is 27.7 Å². The molecule has 1 aromatic carbocycles. The molecule has 2 saturated heterocycles. The number of pyridine rings is 1. The number of nitrogens with zero attached hydrogens (tertiary/aromatic N) is 4. The number of anilines is 1. The van der Waals surface area contributed by atoms with Gasteiger partial charge in [0.2, 0.25) is 5.91 Å². The van der Waals surface area contributed by atoms with Crippen LogP contribution in [-0.2, 0) is 14.3 Å². The summed E-state index contributed by atoms with van der Waals surface area (Å²) in [5, 5.41) is 15.9. The topological polar surface area (TPSA) is 111 Å². The number of likely N-dealkylation sites (tertiary alicyclic amines) is 1. The maximum absolute atomic E-state index is 14.2. The quantitative estimate of drug-likeness (QED) is 0.305. The second-order valence-electron chi connectivity index (χ2n) is 10.6. The number of rotatable bonds is 9.